The summed E-state index contributed by atoms with van der Waals surface area (Å²) >= 11 is 0. The lowest BCUT2D eigenvalue weighted by Gasteiger charge is -2.14. The molecule has 1 fully saturated rings. The molecule has 90 valence electrons. The SMILES string of the molecule is Bc1ccc(N2C[C@H](CO)OC2=O)c(F)c1F. The van der Waals surface area contributed by atoms with Gasteiger partial charge in [-0.05, 0) is 6.07 Å². The summed E-state index contributed by atoms with van der Waals surface area (Å²) in [5.41, 5.74) is -0.00780. The Labute approximate surface area is 97.2 Å². The normalized spacial score (nSPS) is 19.6. The number of amides is 1. The van der Waals surface area contributed by atoms with Crippen molar-refractivity contribution in [2.24, 2.45) is 0 Å². The van der Waals surface area contributed by atoms with Crippen molar-refractivity contribution in [3.63, 3.8) is 0 Å². The fourth-order valence-corrected chi connectivity index (χ4v) is 1.66. The molecule has 1 atom stereocenters. The minimum Gasteiger partial charge on any atom is -0.441 e. The molecule has 0 bridgehead atoms. The molecular weight excluding hydrogens is 231 g/mol. The van der Waals surface area contributed by atoms with Crippen molar-refractivity contribution in [1.82, 2.24) is 0 Å². The summed E-state index contributed by atoms with van der Waals surface area (Å²) in [6.45, 7) is -0.340. The van der Waals surface area contributed by atoms with Crippen LogP contribution in [0.5, 0.6) is 0 Å². The van der Waals surface area contributed by atoms with Gasteiger partial charge in [-0.25, -0.2) is 13.6 Å². The Kier molecular flexibility index (Phi) is 3.02. The van der Waals surface area contributed by atoms with E-state index in [0.29, 0.717) is 0 Å². The first-order chi connectivity index (χ1) is 8.04. The van der Waals surface area contributed by atoms with Crippen molar-refractivity contribution < 1.29 is 23.4 Å². The average Bonchev–Trinajstić information content (AvgIpc) is 2.68. The molecule has 4 nitrogen and oxygen atoms in total. The highest BCUT2D eigenvalue weighted by atomic mass is 19.2. The molecule has 2 rings (SSSR count). The maximum absolute atomic E-state index is 13.6. The fourth-order valence-electron chi connectivity index (χ4n) is 1.66. The highest BCUT2D eigenvalue weighted by molar-refractivity contribution is 6.32. The monoisotopic (exact) mass is 241 g/mol. The average molecular weight is 241 g/mol. The molecule has 1 aromatic carbocycles. The van der Waals surface area contributed by atoms with Crippen LogP contribution in [0.2, 0.25) is 0 Å². The first-order valence-corrected chi connectivity index (χ1v) is 5.08. The Morgan fingerprint density at radius 2 is 2.18 bits per heavy atom. The molecule has 7 heteroatoms. The zero-order chi connectivity index (χ0) is 12.6. The first kappa shape index (κ1) is 11.8. The van der Waals surface area contributed by atoms with Crippen molar-refractivity contribution in [2.75, 3.05) is 18.1 Å². The van der Waals surface area contributed by atoms with E-state index in [1.54, 1.807) is 0 Å². The summed E-state index contributed by atoms with van der Waals surface area (Å²) in [5, 5.41) is 8.84. The van der Waals surface area contributed by atoms with E-state index in [1.165, 1.54) is 20.0 Å². The second-order valence-corrected chi connectivity index (χ2v) is 3.83. The topological polar surface area (TPSA) is 49.8 Å². The Bertz CT molecular complexity index is 469. The molecule has 1 amide bonds. The minimum absolute atomic E-state index is 0.00868. The van der Waals surface area contributed by atoms with Gasteiger partial charge in [0.25, 0.3) is 0 Å². The molecule has 0 spiro atoms. The lowest BCUT2D eigenvalue weighted by Crippen LogP contribution is -2.27. The number of benzene rings is 1. The van der Waals surface area contributed by atoms with E-state index in [0.717, 1.165) is 4.90 Å². The second-order valence-electron chi connectivity index (χ2n) is 3.83. The number of nitrogens with zero attached hydrogens (tertiary/aromatic N) is 1. The van der Waals surface area contributed by atoms with E-state index in [-0.39, 0.29) is 24.3 Å². The van der Waals surface area contributed by atoms with Crippen LogP contribution in [0.4, 0.5) is 19.3 Å². The minimum atomic E-state index is -1.08. The van der Waals surface area contributed by atoms with Gasteiger partial charge in [-0.3, -0.25) is 4.90 Å². The van der Waals surface area contributed by atoms with E-state index in [1.807, 2.05) is 0 Å². The van der Waals surface area contributed by atoms with Gasteiger partial charge in [0.05, 0.1) is 18.8 Å². The molecular formula is C10H10BF2NO3. The van der Waals surface area contributed by atoms with Gasteiger partial charge in [0.15, 0.2) is 11.6 Å². The number of aliphatic hydroxyl groups excluding tert-OH is 1. The van der Waals surface area contributed by atoms with Crippen molar-refractivity contribution in [3.8, 4) is 0 Å². The first-order valence-electron chi connectivity index (χ1n) is 5.08. The van der Waals surface area contributed by atoms with E-state index in [4.69, 9.17) is 9.84 Å². The highest BCUT2D eigenvalue weighted by Crippen LogP contribution is 2.25. The van der Waals surface area contributed by atoms with Crippen LogP contribution in [0.25, 0.3) is 0 Å². The number of hydrogen-bond donors (Lipinski definition) is 1. The van der Waals surface area contributed by atoms with Crippen LogP contribution in [-0.4, -0.2) is 38.3 Å². The number of carbonyl (C=O) groups is 1. The van der Waals surface area contributed by atoms with Gasteiger partial charge < -0.3 is 9.84 Å². The smallest absolute Gasteiger partial charge is 0.414 e. The zero-order valence-electron chi connectivity index (χ0n) is 9.11. The van der Waals surface area contributed by atoms with Crippen molar-refractivity contribution in [1.29, 1.82) is 0 Å². The summed E-state index contributed by atoms with van der Waals surface area (Å²) in [4.78, 5) is 12.4. The Hall–Kier alpha value is -1.63. The third-order valence-electron chi connectivity index (χ3n) is 2.62. The van der Waals surface area contributed by atoms with Gasteiger partial charge in [0, 0.05) is 0 Å². The van der Waals surface area contributed by atoms with Crippen LogP contribution >= 0.6 is 0 Å². The highest BCUT2D eigenvalue weighted by Gasteiger charge is 2.34. The number of halogens is 2. The van der Waals surface area contributed by atoms with Crippen molar-refractivity contribution in [2.45, 2.75) is 6.10 Å². The van der Waals surface area contributed by atoms with E-state index in [2.05, 4.69) is 0 Å². The van der Waals surface area contributed by atoms with Crippen LogP contribution in [0, 0.1) is 11.6 Å². The van der Waals surface area contributed by atoms with Crippen molar-refractivity contribution in [3.05, 3.63) is 23.8 Å². The standard InChI is InChI=1S/C10H10BF2NO3/c11-6-1-2-7(9(13)8(6)12)14-3-5(4-15)17-10(14)16/h1-2,5,15H,3-4,11H2/t5-/m1/s1. The molecule has 1 heterocycles. The largest absolute Gasteiger partial charge is 0.441 e. The Balaban J connectivity index is 2.35. The lowest BCUT2D eigenvalue weighted by molar-refractivity contribution is 0.0963. The number of aliphatic hydroxyl groups is 1. The predicted molar refractivity (Wildman–Crippen MR) is 59.2 cm³/mol. The number of carbonyl (C=O) groups excluding carboxylic acids is 1. The van der Waals surface area contributed by atoms with Gasteiger partial charge in [0.2, 0.25) is 0 Å². The van der Waals surface area contributed by atoms with Crippen LogP contribution in [-0.2, 0) is 4.74 Å². The summed E-state index contributed by atoms with van der Waals surface area (Å²) < 4.78 is 31.7. The zero-order valence-corrected chi connectivity index (χ0v) is 9.11. The molecule has 1 aromatic rings. The molecule has 1 saturated heterocycles. The predicted octanol–water partition coefficient (Wildman–Crippen LogP) is -0.459. The third-order valence-corrected chi connectivity index (χ3v) is 2.62. The molecule has 0 saturated carbocycles. The molecule has 1 aliphatic rings. The van der Waals surface area contributed by atoms with E-state index < -0.39 is 23.8 Å². The molecule has 0 unspecified atom stereocenters. The Morgan fingerprint density at radius 1 is 1.47 bits per heavy atom. The van der Waals surface area contributed by atoms with Gasteiger partial charge in [-0.15, -0.1) is 0 Å². The van der Waals surface area contributed by atoms with Gasteiger partial charge in [0.1, 0.15) is 14.0 Å². The molecule has 0 radical (unpaired) electrons. The van der Waals surface area contributed by atoms with Crippen molar-refractivity contribution >= 4 is 25.1 Å². The van der Waals surface area contributed by atoms with E-state index in [9.17, 15) is 13.6 Å². The summed E-state index contributed by atoms with van der Waals surface area (Å²) in [7, 11) is 1.43. The van der Waals surface area contributed by atoms with Gasteiger partial charge in [-0.2, -0.15) is 0 Å². The summed E-state index contributed by atoms with van der Waals surface area (Å²) in [6, 6.07) is 2.70. The van der Waals surface area contributed by atoms with Crippen LogP contribution < -0.4 is 10.4 Å². The molecule has 1 aliphatic heterocycles. The number of ether oxygens (including phenoxy) is 1. The van der Waals surface area contributed by atoms with Crippen LogP contribution in [0.3, 0.4) is 0 Å². The van der Waals surface area contributed by atoms with Gasteiger partial charge in [-0.1, -0.05) is 11.5 Å². The Morgan fingerprint density at radius 3 is 2.76 bits per heavy atom. The maximum Gasteiger partial charge on any atom is 0.414 e. The van der Waals surface area contributed by atoms with Crippen LogP contribution in [0.15, 0.2) is 12.1 Å². The molecule has 0 aliphatic carbocycles. The quantitative estimate of drug-likeness (QED) is 0.713. The maximum atomic E-state index is 13.6. The van der Waals surface area contributed by atoms with Crippen LogP contribution in [0.1, 0.15) is 0 Å². The number of anilines is 1. The number of hydrogen-bond acceptors (Lipinski definition) is 3. The fraction of sp³-hybridized carbons (Fsp3) is 0.300. The van der Waals surface area contributed by atoms with E-state index >= 15 is 0 Å². The molecule has 17 heavy (non-hydrogen) atoms. The third kappa shape index (κ3) is 1.98. The number of rotatable bonds is 2. The molecule has 0 aromatic heterocycles. The summed E-state index contributed by atoms with van der Waals surface area (Å²) in [5.74, 6) is -2.07. The lowest BCUT2D eigenvalue weighted by atomic mass is 9.95. The molecule has 1 N–H and O–H groups in total. The second kappa shape index (κ2) is 4.33. The summed E-state index contributed by atoms with van der Waals surface area (Å²) in [6.07, 6.45) is -1.49. The van der Waals surface area contributed by atoms with Gasteiger partial charge >= 0.3 is 6.09 Å². The number of cyclic esters (lactones) is 1.